The van der Waals surface area contributed by atoms with Gasteiger partial charge in [-0.2, -0.15) is 9.57 Å². The highest BCUT2D eigenvalue weighted by Gasteiger charge is 2.35. The fraction of sp³-hybridized carbons (Fsp3) is 0.778. The second kappa shape index (κ2) is 4.80. The summed E-state index contributed by atoms with van der Waals surface area (Å²) >= 11 is 0. The molecule has 16 heavy (non-hydrogen) atoms. The first-order valence-corrected chi connectivity index (χ1v) is 6.58. The van der Waals surface area contributed by atoms with E-state index in [1.54, 1.807) is 13.0 Å². The average molecular weight is 246 g/mol. The first-order chi connectivity index (χ1) is 7.38. The zero-order valence-electron chi connectivity index (χ0n) is 8.96. The van der Waals surface area contributed by atoms with Gasteiger partial charge in [0.15, 0.2) is 5.75 Å². The normalized spacial score (nSPS) is 27.2. The Morgan fingerprint density at radius 1 is 1.62 bits per heavy atom. The Labute approximate surface area is 94.5 Å². The third-order valence-electron chi connectivity index (χ3n) is 2.77. The van der Waals surface area contributed by atoms with E-state index in [4.69, 9.17) is 10.4 Å². The number of rotatable bonds is 3. The molecule has 1 saturated heterocycles. The van der Waals surface area contributed by atoms with Gasteiger partial charge < -0.3 is 5.11 Å². The number of hydrogen-bond acceptors (Lipinski definition) is 4. The number of nitriles is 1. The van der Waals surface area contributed by atoms with E-state index >= 15 is 0 Å². The van der Waals surface area contributed by atoms with Crippen LogP contribution in [0, 0.1) is 17.2 Å². The number of piperidine rings is 1. The van der Waals surface area contributed by atoms with Crippen LogP contribution in [0.15, 0.2) is 0 Å². The fourth-order valence-corrected chi connectivity index (χ4v) is 3.30. The molecule has 0 aromatic carbocycles. The van der Waals surface area contributed by atoms with E-state index in [1.165, 1.54) is 4.31 Å². The summed E-state index contributed by atoms with van der Waals surface area (Å²) < 4.78 is 24.5. The van der Waals surface area contributed by atoms with Crippen LogP contribution in [0.5, 0.6) is 0 Å². The molecule has 1 aliphatic heterocycles. The number of carbonyl (C=O) groups is 1. The van der Waals surface area contributed by atoms with Crippen LogP contribution < -0.4 is 0 Å². The van der Waals surface area contributed by atoms with Crippen molar-refractivity contribution in [2.24, 2.45) is 5.92 Å². The summed E-state index contributed by atoms with van der Waals surface area (Å²) in [4.78, 5) is 10.8. The lowest BCUT2D eigenvalue weighted by molar-refractivity contribution is -0.143. The molecule has 0 radical (unpaired) electrons. The van der Waals surface area contributed by atoms with Crippen molar-refractivity contribution in [2.45, 2.75) is 25.8 Å². The number of hydrogen-bond donors (Lipinski definition) is 1. The molecule has 0 aliphatic carbocycles. The van der Waals surface area contributed by atoms with Crippen molar-refractivity contribution in [3.8, 4) is 6.07 Å². The van der Waals surface area contributed by atoms with E-state index in [9.17, 15) is 13.2 Å². The number of sulfonamides is 1. The second-order valence-electron chi connectivity index (χ2n) is 3.93. The smallest absolute Gasteiger partial charge is 0.306 e. The molecular formula is C9H14N2O4S. The predicted molar refractivity (Wildman–Crippen MR) is 55.9 cm³/mol. The highest BCUT2D eigenvalue weighted by Crippen LogP contribution is 2.25. The van der Waals surface area contributed by atoms with Crippen LogP contribution >= 0.6 is 0 Å². The van der Waals surface area contributed by atoms with Crippen LogP contribution in [0.1, 0.15) is 19.8 Å². The van der Waals surface area contributed by atoms with Gasteiger partial charge in [-0.3, -0.25) is 4.79 Å². The molecule has 2 atom stereocenters. The Balaban J connectivity index is 2.75. The van der Waals surface area contributed by atoms with Gasteiger partial charge in [0.05, 0.1) is 12.0 Å². The van der Waals surface area contributed by atoms with E-state index in [0.717, 1.165) is 0 Å². The van der Waals surface area contributed by atoms with Crippen LogP contribution in [0.4, 0.5) is 0 Å². The van der Waals surface area contributed by atoms with Crippen molar-refractivity contribution in [3.63, 3.8) is 0 Å². The van der Waals surface area contributed by atoms with Crippen molar-refractivity contribution in [2.75, 3.05) is 12.3 Å². The van der Waals surface area contributed by atoms with E-state index in [1.807, 2.05) is 0 Å². The summed E-state index contributed by atoms with van der Waals surface area (Å²) in [5.74, 6) is -1.91. The fourth-order valence-electron chi connectivity index (χ4n) is 1.95. The maximum atomic E-state index is 11.6. The van der Waals surface area contributed by atoms with Crippen molar-refractivity contribution < 1.29 is 18.3 Å². The lowest BCUT2D eigenvalue weighted by Gasteiger charge is -2.34. The van der Waals surface area contributed by atoms with Gasteiger partial charge in [-0.05, 0) is 19.8 Å². The zero-order chi connectivity index (χ0) is 12.3. The quantitative estimate of drug-likeness (QED) is 0.757. The monoisotopic (exact) mass is 246 g/mol. The average Bonchev–Trinajstić information content (AvgIpc) is 2.16. The van der Waals surface area contributed by atoms with Gasteiger partial charge in [0.2, 0.25) is 10.0 Å². The van der Waals surface area contributed by atoms with Gasteiger partial charge >= 0.3 is 5.97 Å². The number of aliphatic carboxylic acids is 1. The van der Waals surface area contributed by atoms with Crippen LogP contribution in [0.25, 0.3) is 0 Å². The van der Waals surface area contributed by atoms with E-state index in [2.05, 4.69) is 0 Å². The molecule has 1 heterocycles. The van der Waals surface area contributed by atoms with Crippen LogP contribution in [-0.4, -0.2) is 42.1 Å². The van der Waals surface area contributed by atoms with Gasteiger partial charge in [-0.1, -0.05) is 0 Å². The third kappa shape index (κ3) is 2.71. The number of carboxylic acid groups (broad SMARTS) is 1. The SMILES string of the molecule is CC1CC(C(=O)O)CCN1S(=O)(=O)CC#N. The van der Waals surface area contributed by atoms with Gasteiger partial charge in [0, 0.05) is 12.6 Å². The molecule has 0 aromatic heterocycles. The summed E-state index contributed by atoms with van der Waals surface area (Å²) in [5, 5.41) is 17.2. The molecular weight excluding hydrogens is 232 g/mol. The molecule has 1 rings (SSSR count). The number of carboxylic acids is 1. The molecule has 90 valence electrons. The number of nitrogens with zero attached hydrogens (tertiary/aromatic N) is 2. The maximum absolute atomic E-state index is 11.6. The molecule has 0 spiro atoms. The highest BCUT2D eigenvalue weighted by molar-refractivity contribution is 7.89. The van der Waals surface area contributed by atoms with Crippen LogP contribution in [-0.2, 0) is 14.8 Å². The minimum Gasteiger partial charge on any atom is -0.481 e. The molecule has 7 heteroatoms. The van der Waals surface area contributed by atoms with Crippen LogP contribution in [0.2, 0.25) is 0 Å². The molecule has 1 N–H and O–H groups in total. The lowest BCUT2D eigenvalue weighted by atomic mass is 9.93. The summed E-state index contributed by atoms with van der Waals surface area (Å²) in [6.45, 7) is 1.85. The first-order valence-electron chi connectivity index (χ1n) is 4.97. The van der Waals surface area contributed by atoms with E-state index in [-0.39, 0.29) is 12.6 Å². The van der Waals surface area contributed by atoms with Gasteiger partial charge in [-0.25, -0.2) is 8.42 Å². The zero-order valence-corrected chi connectivity index (χ0v) is 9.77. The topological polar surface area (TPSA) is 98.5 Å². The molecule has 0 aromatic rings. The Morgan fingerprint density at radius 3 is 2.69 bits per heavy atom. The Bertz CT molecular complexity index is 412. The molecule has 1 aliphatic rings. The maximum Gasteiger partial charge on any atom is 0.306 e. The summed E-state index contributed by atoms with van der Waals surface area (Å²) in [6.07, 6.45) is 0.615. The molecule has 0 bridgehead atoms. The van der Waals surface area contributed by atoms with Gasteiger partial charge in [-0.15, -0.1) is 0 Å². The third-order valence-corrected chi connectivity index (χ3v) is 4.52. The Kier molecular flexibility index (Phi) is 3.88. The van der Waals surface area contributed by atoms with Gasteiger partial charge in [0.1, 0.15) is 0 Å². The highest BCUT2D eigenvalue weighted by atomic mass is 32.2. The molecule has 1 fully saturated rings. The standard InChI is InChI=1S/C9H14N2O4S/c1-7-6-8(9(12)13)2-4-11(7)16(14,15)5-3-10/h7-8H,2,4-6H2,1H3,(H,12,13). The molecule has 6 nitrogen and oxygen atoms in total. The minimum absolute atomic E-state index is 0.183. The molecule has 0 amide bonds. The largest absolute Gasteiger partial charge is 0.481 e. The second-order valence-corrected chi connectivity index (χ2v) is 5.86. The van der Waals surface area contributed by atoms with E-state index < -0.39 is 27.7 Å². The predicted octanol–water partition coefficient (Wildman–Crippen LogP) is 0.0249. The van der Waals surface area contributed by atoms with Crippen molar-refractivity contribution in [1.29, 1.82) is 5.26 Å². The van der Waals surface area contributed by atoms with Crippen molar-refractivity contribution in [3.05, 3.63) is 0 Å². The van der Waals surface area contributed by atoms with E-state index in [0.29, 0.717) is 12.8 Å². The summed E-state index contributed by atoms with van der Waals surface area (Å²) in [7, 11) is -3.55. The van der Waals surface area contributed by atoms with Gasteiger partial charge in [0.25, 0.3) is 0 Å². The minimum atomic E-state index is -3.55. The van der Waals surface area contributed by atoms with Crippen molar-refractivity contribution in [1.82, 2.24) is 4.31 Å². The van der Waals surface area contributed by atoms with Crippen LogP contribution in [0.3, 0.4) is 0 Å². The summed E-state index contributed by atoms with van der Waals surface area (Å²) in [6, 6.07) is 1.26. The Hall–Kier alpha value is -1.13. The van der Waals surface area contributed by atoms with Crippen molar-refractivity contribution >= 4 is 16.0 Å². The summed E-state index contributed by atoms with van der Waals surface area (Å²) in [5.41, 5.74) is 0. The lowest BCUT2D eigenvalue weighted by Crippen LogP contribution is -2.46. The molecule has 0 saturated carbocycles. The Morgan fingerprint density at radius 2 is 2.25 bits per heavy atom. The first kappa shape index (κ1) is 12.9. The molecule has 2 unspecified atom stereocenters.